The Bertz CT molecular complexity index is 660. The Hall–Kier alpha value is -2.55. The molecule has 0 radical (unpaired) electrons. The lowest BCUT2D eigenvalue weighted by Crippen LogP contribution is -2.28. The minimum absolute atomic E-state index is 0.171. The zero-order chi connectivity index (χ0) is 15.9. The molecular weight excluding hydrogens is 276 g/mol. The summed E-state index contributed by atoms with van der Waals surface area (Å²) in [6.07, 6.45) is 0.760. The van der Waals surface area contributed by atoms with E-state index in [0.717, 1.165) is 0 Å². The lowest BCUT2D eigenvalue weighted by molar-refractivity contribution is -0.136. The van der Waals surface area contributed by atoms with Crippen LogP contribution >= 0.6 is 0 Å². The Kier molecular flexibility index (Phi) is 5.37. The van der Waals surface area contributed by atoms with Gasteiger partial charge in [0.2, 0.25) is 5.78 Å². The van der Waals surface area contributed by atoms with Crippen LogP contribution in [0, 0.1) is 0 Å². The highest BCUT2D eigenvalue weighted by Gasteiger charge is 2.32. The van der Waals surface area contributed by atoms with Crippen LogP contribution in [-0.4, -0.2) is 17.3 Å². The quantitative estimate of drug-likeness (QED) is 0.445. The van der Waals surface area contributed by atoms with Crippen molar-refractivity contribution >= 4 is 17.3 Å². The summed E-state index contributed by atoms with van der Waals surface area (Å²) in [4.78, 5) is 37.2. The van der Waals surface area contributed by atoms with Crippen LogP contribution in [0.1, 0.15) is 41.6 Å². The second kappa shape index (κ2) is 7.46. The second-order valence-electron chi connectivity index (χ2n) is 5.11. The summed E-state index contributed by atoms with van der Waals surface area (Å²) in [5.41, 5.74) is 1.000. The molecule has 0 amide bonds. The lowest BCUT2D eigenvalue weighted by Gasteiger charge is -2.14. The van der Waals surface area contributed by atoms with Crippen molar-refractivity contribution in [3.63, 3.8) is 0 Å². The maximum absolute atomic E-state index is 12.7. The number of hydrogen-bond acceptors (Lipinski definition) is 3. The average Bonchev–Trinajstić information content (AvgIpc) is 2.57. The molecule has 0 saturated heterocycles. The minimum Gasteiger partial charge on any atom is -0.293 e. The SMILES string of the molecule is CCCC(=O)C(=O)C(C(=O)c1ccccc1)c1ccccc1. The number of Topliss-reactive ketones (excluding diaryl/α,β-unsaturated/α-hetero) is 3. The van der Waals surface area contributed by atoms with E-state index in [0.29, 0.717) is 17.5 Å². The number of benzene rings is 2. The molecule has 22 heavy (non-hydrogen) atoms. The molecule has 0 saturated carbocycles. The molecule has 112 valence electrons. The van der Waals surface area contributed by atoms with E-state index >= 15 is 0 Å². The van der Waals surface area contributed by atoms with Crippen molar-refractivity contribution in [1.82, 2.24) is 0 Å². The molecule has 0 aromatic heterocycles. The zero-order valence-corrected chi connectivity index (χ0v) is 12.5. The number of carbonyl (C=O) groups excluding carboxylic acids is 3. The van der Waals surface area contributed by atoms with Gasteiger partial charge in [0.25, 0.3) is 0 Å². The summed E-state index contributed by atoms with van der Waals surface area (Å²) in [6, 6.07) is 17.4. The predicted molar refractivity (Wildman–Crippen MR) is 84.9 cm³/mol. The molecule has 0 bridgehead atoms. The smallest absolute Gasteiger partial charge is 0.213 e. The summed E-state index contributed by atoms with van der Waals surface area (Å²) in [5.74, 6) is -2.49. The molecule has 0 fully saturated rings. The van der Waals surface area contributed by atoms with Gasteiger partial charge >= 0.3 is 0 Å². The van der Waals surface area contributed by atoms with Crippen LogP contribution in [0.4, 0.5) is 0 Å². The van der Waals surface area contributed by atoms with Crippen LogP contribution < -0.4 is 0 Å². The third-order valence-corrected chi connectivity index (χ3v) is 3.47. The maximum atomic E-state index is 12.7. The van der Waals surface area contributed by atoms with Gasteiger partial charge in [0.15, 0.2) is 11.6 Å². The van der Waals surface area contributed by atoms with Crippen molar-refractivity contribution in [1.29, 1.82) is 0 Å². The summed E-state index contributed by atoms with van der Waals surface area (Å²) >= 11 is 0. The van der Waals surface area contributed by atoms with E-state index in [1.807, 2.05) is 13.0 Å². The highest BCUT2D eigenvalue weighted by atomic mass is 16.2. The molecule has 3 nitrogen and oxygen atoms in total. The van der Waals surface area contributed by atoms with Crippen molar-refractivity contribution in [3.8, 4) is 0 Å². The lowest BCUT2D eigenvalue weighted by atomic mass is 9.85. The Balaban J connectivity index is 2.40. The molecule has 0 aliphatic rings. The number of rotatable bonds is 7. The van der Waals surface area contributed by atoms with Crippen LogP contribution in [0.5, 0.6) is 0 Å². The van der Waals surface area contributed by atoms with Crippen molar-refractivity contribution in [2.75, 3.05) is 0 Å². The number of hydrogen-bond donors (Lipinski definition) is 0. The molecule has 0 heterocycles. The topological polar surface area (TPSA) is 51.2 Å². The van der Waals surface area contributed by atoms with Gasteiger partial charge in [0, 0.05) is 12.0 Å². The molecule has 0 aliphatic carbocycles. The van der Waals surface area contributed by atoms with Crippen LogP contribution in [0.15, 0.2) is 60.7 Å². The summed E-state index contributed by atoms with van der Waals surface area (Å²) < 4.78 is 0. The molecule has 0 N–H and O–H groups in total. The normalized spacial score (nSPS) is 11.7. The van der Waals surface area contributed by atoms with Gasteiger partial charge in [-0.15, -0.1) is 0 Å². The van der Waals surface area contributed by atoms with E-state index in [1.54, 1.807) is 54.6 Å². The minimum atomic E-state index is -1.05. The Morgan fingerprint density at radius 3 is 1.95 bits per heavy atom. The summed E-state index contributed by atoms with van der Waals surface area (Å²) in [7, 11) is 0. The third-order valence-electron chi connectivity index (χ3n) is 3.47. The highest BCUT2D eigenvalue weighted by molar-refractivity contribution is 6.44. The van der Waals surface area contributed by atoms with Gasteiger partial charge in [-0.1, -0.05) is 67.6 Å². The molecule has 0 spiro atoms. The highest BCUT2D eigenvalue weighted by Crippen LogP contribution is 2.23. The van der Waals surface area contributed by atoms with Gasteiger partial charge in [-0.25, -0.2) is 0 Å². The van der Waals surface area contributed by atoms with Gasteiger partial charge in [-0.05, 0) is 12.0 Å². The second-order valence-corrected chi connectivity index (χ2v) is 5.11. The molecule has 1 atom stereocenters. The van der Waals surface area contributed by atoms with E-state index < -0.39 is 17.5 Å². The first-order chi connectivity index (χ1) is 10.6. The Labute approximate surface area is 130 Å². The Morgan fingerprint density at radius 1 is 0.864 bits per heavy atom. The first kappa shape index (κ1) is 15.8. The van der Waals surface area contributed by atoms with E-state index in [-0.39, 0.29) is 12.2 Å². The largest absolute Gasteiger partial charge is 0.293 e. The molecule has 1 unspecified atom stereocenters. The maximum Gasteiger partial charge on any atom is 0.213 e. The molecule has 2 rings (SSSR count). The summed E-state index contributed by atoms with van der Waals surface area (Å²) in [6.45, 7) is 1.84. The Morgan fingerprint density at radius 2 is 1.41 bits per heavy atom. The van der Waals surface area contributed by atoms with E-state index in [4.69, 9.17) is 0 Å². The first-order valence-electron chi connectivity index (χ1n) is 7.36. The molecule has 3 heteroatoms. The number of ketones is 3. The van der Waals surface area contributed by atoms with Crippen molar-refractivity contribution in [2.24, 2.45) is 0 Å². The van der Waals surface area contributed by atoms with E-state index in [1.165, 1.54) is 0 Å². The van der Waals surface area contributed by atoms with Crippen molar-refractivity contribution < 1.29 is 14.4 Å². The van der Waals surface area contributed by atoms with Gasteiger partial charge < -0.3 is 0 Å². The van der Waals surface area contributed by atoms with Crippen molar-refractivity contribution in [2.45, 2.75) is 25.7 Å². The molecule has 2 aromatic carbocycles. The predicted octanol–water partition coefficient (Wildman–Crippen LogP) is 3.59. The van der Waals surface area contributed by atoms with Crippen LogP contribution in [-0.2, 0) is 9.59 Å². The summed E-state index contributed by atoms with van der Waals surface area (Å²) in [5, 5.41) is 0. The average molecular weight is 294 g/mol. The van der Waals surface area contributed by atoms with E-state index in [2.05, 4.69) is 0 Å². The fourth-order valence-corrected chi connectivity index (χ4v) is 2.35. The number of carbonyl (C=O) groups is 3. The monoisotopic (exact) mass is 294 g/mol. The first-order valence-corrected chi connectivity index (χ1v) is 7.36. The zero-order valence-electron chi connectivity index (χ0n) is 12.5. The third kappa shape index (κ3) is 3.55. The fourth-order valence-electron chi connectivity index (χ4n) is 2.35. The van der Waals surface area contributed by atoms with Gasteiger partial charge in [-0.3, -0.25) is 14.4 Å². The van der Waals surface area contributed by atoms with Crippen molar-refractivity contribution in [3.05, 3.63) is 71.8 Å². The fraction of sp³-hybridized carbons (Fsp3) is 0.211. The standard InChI is InChI=1S/C19H18O3/c1-2-9-16(20)19(22)17(14-10-5-3-6-11-14)18(21)15-12-7-4-8-13-15/h3-8,10-13,17H,2,9H2,1H3. The van der Waals surface area contributed by atoms with Crippen LogP contribution in [0.3, 0.4) is 0 Å². The van der Waals surface area contributed by atoms with E-state index in [9.17, 15) is 14.4 Å². The molecule has 2 aromatic rings. The molecular formula is C19H18O3. The molecule has 0 aliphatic heterocycles. The van der Waals surface area contributed by atoms with Crippen LogP contribution in [0.25, 0.3) is 0 Å². The van der Waals surface area contributed by atoms with Gasteiger partial charge in [0.05, 0.1) is 0 Å². The van der Waals surface area contributed by atoms with Gasteiger partial charge in [0.1, 0.15) is 5.92 Å². The van der Waals surface area contributed by atoms with Gasteiger partial charge in [-0.2, -0.15) is 0 Å². The van der Waals surface area contributed by atoms with Crippen LogP contribution in [0.2, 0.25) is 0 Å².